The lowest BCUT2D eigenvalue weighted by Crippen LogP contribution is -2.37. The van der Waals surface area contributed by atoms with Crippen molar-refractivity contribution in [1.82, 2.24) is 4.90 Å². The van der Waals surface area contributed by atoms with E-state index < -0.39 is 5.97 Å². The van der Waals surface area contributed by atoms with E-state index in [1.54, 1.807) is 0 Å². The van der Waals surface area contributed by atoms with Gasteiger partial charge in [-0.15, -0.1) is 11.6 Å². The first-order valence-corrected chi connectivity index (χ1v) is 7.68. The number of hydrogen-bond acceptors (Lipinski definition) is 2. The van der Waals surface area contributed by atoms with Crippen molar-refractivity contribution in [2.75, 3.05) is 13.1 Å². The van der Waals surface area contributed by atoms with E-state index in [-0.39, 0.29) is 11.4 Å². The summed E-state index contributed by atoms with van der Waals surface area (Å²) in [6.07, 6.45) is 1.65. The van der Waals surface area contributed by atoms with Crippen LogP contribution in [0.2, 0.25) is 0 Å². The van der Waals surface area contributed by atoms with Gasteiger partial charge < -0.3 is 5.11 Å². The van der Waals surface area contributed by atoms with Crippen LogP contribution in [0.5, 0.6) is 0 Å². The van der Waals surface area contributed by atoms with Crippen LogP contribution in [0.4, 0.5) is 0 Å². The summed E-state index contributed by atoms with van der Waals surface area (Å²) in [5.41, 5.74) is 1.05. The van der Waals surface area contributed by atoms with Crippen LogP contribution in [0.3, 0.4) is 0 Å². The number of fused-ring (bicyclic) bond motifs is 1. The van der Waals surface area contributed by atoms with Gasteiger partial charge in [0, 0.05) is 6.54 Å². The summed E-state index contributed by atoms with van der Waals surface area (Å²) in [7, 11) is 0. The van der Waals surface area contributed by atoms with Crippen LogP contribution in [0.15, 0.2) is 42.5 Å². The fraction of sp³-hybridized carbons (Fsp3) is 0.353. The average Bonchev–Trinajstić information content (AvgIpc) is 2.95. The minimum atomic E-state index is -0.741. The van der Waals surface area contributed by atoms with E-state index >= 15 is 0 Å². The first-order chi connectivity index (χ1) is 10.1. The number of benzene rings is 2. The minimum Gasteiger partial charge on any atom is -0.480 e. The van der Waals surface area contributed by atoms with Gasteiger partial charge in [-0.25, -0.2) is 0 Å². The Morgan fingerprint density at radius 3 is 2.81 bits per heavy atom. The van der Waals surface area contributed by atoms with Crippen LogP contribution < -0.4 is 0 Å². The van der Waals surface area contributed by atoms with Gasteiger partial charge in [-0.05, 0) is 41.8 Å². The van der Waals surface area contributed by atoms with E-state index in [4.69, 9.17) is 11.6 Å². The second-order valence-electron chi connectivity index (χ2n) is 5.57. The molecule has 2 atom stereocenters. The molecule has 1 N–H and O–H groups in total. The number of aliphatic carboxylic acids is 1. The maximum atomic E-state index is 11.2. The summed E-state index contributed by atoms with van der Waals surface area (Å²) >= 11 is 6.52. The summed E-state index contributed by atoms with van der Waals surface area (Å²) in [6.45, 7) is 1.39. The molecule has 1 aliphatic rings. The zero-order valence-corrected chi connectivity index (χ0v) is 12.5. The second-order valence-corrected chi connectivity index (χ2v) is 6.09. The van der Waals surface area contributed by atoms with Gasteiger partial charge in [-0.1, -0.05) is 36.4 Å². The molecule has 1 aliphatic heterocycles. The van der Waals surface area contributed by atoms with Gasteiger partial charge in [-0.2, -0.15) is 0 Å². The molecule has 3 nitrogen and oxygen atoms in total. The summed E-state index contributed by atoms with van der Waals surface area (Å²) in [5.74, 6) is -0.741. The van der Waals surface area contributed by atoms with Crippen LogP contribution in [-0.2, 0) is 4.79 Å². The number of halogens is 1. The number of rotatable bonds is 4. The summed E-state index contributed by atoms with van der Waals surface area (Å²) in [4.78, 5) is 13.2. The van der Waals surface area contributed by atoms with Gasteiger partial charge in [0.2, 0.25) is 0 Å². The lowest BCUT2D eigenvalue weighted by Gasteiger charge is -2.24. The number of carboxylic acid groups (broad SMARTS) is 1. The maximum absolute atomic E-state index is 11.2. The van der Waals surface area contributed by atoms with E-state index in [1.807, 2.05) is 23.1 Å². The first kappa shape index (κ1) is 14.4. The lowest BCUT2D eigenvalue weighted by atomic mass is 10.0. The number of nitrogens with zero attached hydrogens (tertiary/aromatic N) is 1. The van der Waals surface area contributed by atoms with Crippen LogP contribution >= 0.6 is 11.6 Å². The highest BCUT2D eigenvalue weighted by atomic mass is 35.5. The van der Waals surface area contributed by atoms with Crippen molar-refractivity contribution >= 4 is 28.3 Å². The van der Waals surface area contributed by atoms with Crippen LogP contribution in [0.25, 0.3) is 10.8 Å². The SMILES string of the molecule is O=C(O)C1CCCN1CC(Cl)c1ccc2ccccc2c1. The Balaban J connectivity index is 1.77. The molecule has 3 rings (SSSR count). The fourth-order valence-corrected chi connectivity index (χ4v) is 3.35. The molecule has 110 valence electrons. The Labute approximate surface area is 129 Å². The Kier molecular flexibility index (Phi) is 4.13. The molecule has 1 saturated heterocycles. The highest BCUT2D eigenvalue weighted by molar-refractivity contribution is 6.21. The van der Waals surface area contributed by atoms with Gasteiger partial charge in [0.25, 0.3) is 0 Å². The second kappa shape index (κ2) is 6.04. The van der Waals surface area contributed by atoms with Gasteiger partial charge >= 0.3 is 5.97 Å². The molecule has 0 aromatic heterocycles. The van der Waals surface area contributed by atoms with E-state index in [0.29, 0.717) is 6.54 Å². The zero-order valence-electron chi connectivity index (χ0n) is 11.7. The Morgan fingerprint density at radius 2 is 2.05 bits per heavy atom. The molecule has 2 aromatic rings. The van der Waals surface area contributed by atoms with Crippen molar-refractivity contribution in [3.05, 3.63) is 48.0 Å². The lowest BCUT2D eigenvalue weighted by molar-refractivity contribution is -0.142. The zero-order chi connectivity index (χ0) is 14.8. The van der Waals surface area contributed by atoms with E-state index in [9.17, 15) is 9.90 Å². The van der Waals surface area contributed by atoms with Crippen molar-refractivity contribution < 1.29 is 9.90 Å². The molecule has 4 heteroatoms. The molecule has 21 heavy (non-hydrogen) atoms. The standard InChI is InChI=1S/C17H18ClNO2/c18-15(11-19-9-3-6-16(19)17(20)21)14-8-7-12-4-1-2-5-13(12)10-14/h1-2,4-5,7-8,10,15-16H,3,6,9,11H2,(H,20,21). The monoisotopic (exact) mass is 303 g/mol. The molecule has 0 amide bonds. The van der Waals surface area contributed by atoms with Crippen molar-refractivity contribution in [1.29, 1.82) is 0 Å². The van der Waals surface area contributed by atoms with Crippen molar-refractivity contribution in [3.8, 4) is 0 Å². The fourth-order valence-electron chi connectivity index (χ4n) is 3.04. The van der Waals surface area contributed by atoms with Crippen LogP contribution in [0.1, 0.15) is 23.8 Å². The van der Waals surface area contributed by atoms with Crippen molar-refractivity contribution in [2.45, 2.75) is 24.3 Å². The van der Waals surface area contributed by atoms with E-state index in [1.165, 1.54) is 5.39 Å². The predicted octanol–water partition coefficient (Wildman–Crippen LogP) is 3.67. The highest BCUT2D eigenvalue weighted by Gasteiger charge is 2.31. The minimum absolute atomic E-state index is 0.186. The third kappa shape index (κ3) is 3.04. The number of alkyl halides is 1. The molecule has 2 unspecified atom stereocenters. The highest BCUT2D eigenvalue weighted by Crippen LogP contribution is 2.28. The number of hydrogen-bond donors (Lipinski definition) is 1. The molecule has 0 saturated carbocycles. The van der Waals surface area contributed by atoms with Gasteiger partial charge in [0.1, 0.15) is 6.04 Å². The first-order valence-electron chi connectivity index (χ1n) is 7.25. The number of carbonyl (C=O) groups is 1. The van der Waals surface area contributed by atoms with Crippen LogP contribution in [-0.4, -0.2) is 35.1 Å². The quantitative estimate of drug-likeness (QED) is 0.876. The molecule has 0 spiro atoms. The average molecular weight is 304 g/mol. The molecule has 1 heterocycles. The molecular weight excluding hydrogens is 286 g/mol. The Hall–Kier alpha value is -1.58. The molecule has 0 aliphatic carbocycles. The number of carboxylic acids is 1. The normalized spacial score (nSPS) is 20.7. The van der Waals surface area contributed by atoms with E-state index in [0.717, 1.165) is 30.3 Å². The number of likely N-dealkylation sites (tertiary alicyclic amines) is 1. The summed E-state index contributed by atoms with van der Waals surface area (Å²) < 4.78 is 0. The predicted molar refractivity (Wildman–Crippen MR) is 84.8 cm³/mol. The molecule has 1 fully saturated rings. The Bertz CT molecular complexity index is 658. The Morgan fingerprint density at radius 1 is 1.29 bits per heavy atom. The van der Waals surface area contributed by atoms with Crippen LogP contribution in [0, 0.1) is 0 Å². The largest absolute Gasteiger partial charge is 0.480 e. The van der Waals surface area contributed by atoms with Gasteiger partial charge in [0.15, 0.2) is 0 Å². The maximum Gasteiger partial charge on any atom is 0.320 e. The van der Waals surface area contributed by atoms with Crippen molar-refractivity contribution in [2.24, 2.45) is 0 Å². The molecule has 0 radical (unpaired) electrons. The molecular formula is C17H18ClNO2. The molecule has 0 bridgehead atoms. The topological polar surface area (TPSA) is 40.5 Å². The smallest absolute Gasteiger partial charge is 0.320 e. The third-order valence-corrected chi connectivity index (χ3v) is 4.57. The summed E-state index contributed by atoms with van der Waals surface area (Å²) in [5, 5.41) is 11.4. The molecule has 2 aromatic carbocycles. The van der Waals surface area contributed by atoms with Gasteiger partial charge in [0.05, 0.1) is 5.38 Å². The summed E-state index contributed by atoms with van der Waals surface area (Å²) in [6, 6.07) is 14.0. The third-order valence-electron chi connectivity index (χ3n) is 4.18. The van der Waals surface area contributed by atoms with E-state index in [2.05, 4.69) is 24.3 Å². The van der Waals surface area contributed by atoms with Crippen molar-refractivity contribution in [3.63, 3.8) is 0 Å². The van der Waals surface area contributed by atoms with Gasteiger partial charge in [-0.3, -0.25) is 9.69 Å².